The number of rotatable bonds is 6. The molecule has 2 fully saturated rings. The molecule has 3 heteroatoms. The summed E-state index contributed by atoms with van der Waals surface area (Å²) in [5, 5.41) is 0. The number of hydrogen-bond donors (Lipinski definition) is 1. The zero-order valence-electron chi connectivity index (χ0n) is 10.2. The van der Waals surface area contributed by atoms with Crippen molar-refractivity contribution in [3.8, 4) is 0 Å². The number of likely N-dealkylation sites (tertiary alicyclic amines) is 1. The molecule has 1 aliphatic carbocycles. The van der Waals surface area contributed by atoms with Gasteiger partial charge in [-0.15, -0.1) is 0 Å². The lowest BCUT2D eigenvalue weighted by molar-refractivity contribution is 0.0974. The van der Waals surface area contributed by atoms with Gasteiger partial charge in [-0.2, -0.15) is 12.6 Å². The highest BCUT2D eigenvalue weighted by Gasteiger charge is 2.32. The smallest absolute Gasteiger partial charge is 0.0593 e. The summed E-state index contributed by atoms with van der Waals surface area (Å²) in [6.07, 6.45) is 8.69. The first-order valence-corrected chi connectivity index (χ1v) is 7.47. The highest BCUT2D eigenvalue weighted by Crippen LogP contribution is 2.35. The Hall–Kier alpha value is 0.270. The minimum absolute atomic E-state index is 0.797. The lowest BCUT2D eigenvalue weighted by Gasteiger charge is -2.29. The van der Waals surface area contributed by atoms with Crippen molar-refractivity contribution in [2.75, 3.05) is 32.1 Å². The Morgan fingerprint density at radius 2 is 1.88 bits per heavy atom. The molecule has 1 heterocycles. The van der Waals surface area contributed by atoms with Gasteiger partial charge in [-0.1, -0.05) is 12.8 Å². The van der Waals surface area contributed by atoms with Crippen LogP contribution in [0.3, 0.4) is 0 Å². The molecule has 94 valence electrons. The first kappa shape index (κ1) is 12.7. The zero-order valence-corrected chi connectivity index (χ0v) is 11.1. The molecule has 0 aromatic heterocycles. The lowest BCUT2D eigenvalue weighted by atomic mass is 9.96. The van der Waals surface area contributed by atoms with Crippen molar-refractivity contribution in [2.24, 2.45) is 5.92 Å². The predicted molar refractivity (Wildman–Crippen MR) is 71.2 cm³/mol. The van der Waals surface area contributed by atoms with Crippen LogP contribution in [0.25, 0.3) is 0 Å². The van der Waals surface area contributed by atoms with Crippen LogP contribution in [0, 0.1) is 5.92 Å². The van der Waals surface area contributed by atoms with Gasteiger partial charge in [0, 0.05) is 18.3 Å². The molecule has 16 heavy (non-hydrogen) atoms. The average molecular weight is 243 g/mol. The molecule has 0 aromatic carbocycles. The van der Waals surface area contributed by atoms with E-state index < -0.39 is 0 Å². The van der Waals surface area contributed by atoms with Crippen molar-refractivity contribution >= 4 is 12.6 Å². The van der Waals surface area contributed by atoms with Crippen molar-refractivity contribution in [3.63, 3.8) is 0 Å². The Morgan fingerprint density at radius 1 is 1.06 bits per heavy atom. The van der Waals surface area contributed by atoms with Gasteiger partial charge in [-0.25, -0.2) is 0 Å². The second-order valence-electron chi connectivity index (χ2n) is 5.13. The fourth-order valence-electron chi connectivity index (χ4n) is 3.35. The van der Waals surface area contributed by atoms with Gasteiger partial charge in [0.1, 0.15) is 0 Å². The van der Waals surface area contributed by atoms with Crippen molar-refractivity contribution in [3.05, 3.63) is 0 Å². The molecule has 1 unspecified atom stereocenters. The number of nitrogens with zero attached hydrogens (tertiary/aromatic N) is 1. The summed E-state index contributed by atoms with van der Waals surface area (Å²) < 4.78 is 5.54. The van der Waals surface area contributed by atoms with E-state index in [9.17, 15) is 0 Å². The van der Waals surface area contributed by atoms with E-state index in [4.69, 9.17) is 4.74 Å². The molecule has 1 saturated heterocycles. The van der Waals surface area contributed by atoms with E-state index in [1.807, 2.05) is 0 Å². The van der Waals surface area contributed by atoms with Crippen LogP contribution in [0.2, 0.25) is 0 Å². The van der Waals surface area contributed by atoms with Crippen molar-refractivity contribution in [2.45, 2.75) is 44.6 Å². The summed E-state index contributed by atoms with van der Waals surface area (Å²) in [6, 6.07) is 0.877. The number of hydrogen-bond acceptors (Lipinski definition) is 3. The molecular weight excluding hydrogens is 218 g/mol. The van der Waals surface area contributed by atoms with Gasteiger partial charge in [0.15, 0.2) is 0 Å². The van der Waals surface area contributed by atoms with Crippen LogP contribution in [0.4, 0.5) is 0 Å². The van der Waals surface area contributed by atoms with Crippen LogP contribution < -0.4 is 0 Å². The molecule has 0 aromatic rings. The third kappa shape index (κ3) is 3.38. The zero-order chi connectivity index (χ0) is 11.2. The maximum Gasteiger partial charge on any atom is 0.0593 e. The molecule has 1 atom stereocenters. The Balaban J connectivity index is 1.70. The Labute approximate surface area is 105 Å². The van der Waals surface area contributed by atoms with E-state index in [0.717, 1.165) is 37.5 Å². The van der Waals surface area contributed by atoms with Gasteiger partial charge in [0.2, 0.25) is 0 Å². The number of ether oxygens (including phenoxy) is 1. The number of thiol groups is 1. The lowest BCUT2D eigenvalue weighted by Crippen LogP contribution is -2.37. The van der Waals surface area contributed by atoms with Gasteiger partial charge in [-0.3, -0.25) is 4.90 Å². The largest absolute Gasteiger partial charge is 0.379 e. The molecule has 0 radical (unpaired) electrons. The van der Waals surface area contributed by atoms with Gasteiger partial charge in [-0.05, 0) is 38.1 Å². The fourth-order valence-corrected chi connectivity index (χ4v) is 3.48. The van der Waals surface area contributed by atoms with Crippen LogP contribution in [0.15, 0.2) is 0 Å². The van der Waals surface area contributed by atoms with Gasteiger partial charge < -0.3 is 4.74 Å². The molecule has 0 N–H and O–H groups in total. The summed E-state index contributed by atoms with van der Waals surface area (Å²) in [7, 11) is 0. The summed E-state index contributed by atoms with van der Waals surface area (Å²) in [6.45, 7) is 4.12. The topological polar surface area (TPSA) is 12.5 Å². The van der Waals surface area contributed by atoms with E-state index in [-0.39, 0.29) is 0 Å². The highest BCUT2D eigenvalue weighted by molar-refractivity contribution is 7.80. The van der Waals surface area contributed by atoms with Crippen molar-refractivity contribution < 1.29 is 4.74 Å². The summed E-state index contributed by atoms with van der Waals surface area (Å²) in [4.78, 5) is 2.68. The van der Waals surface area contributed by atoms with E-state index in [1.165, 1.54) is 45.1 Å². The molecule has 2 aliphatic rings. The second kappa shape index (κ2) is 6.87. The first-order valence-electron chi connectivity index (χ1n) is 6.84. The SMILES string of the molecule is SCCOCCN1CCCC1C1CCCC1. The molecule has 0 amide bonds. The fraction of sp³-hybridized carbons (Fsp3) is 1.00. The molecular formula is C13H25NOS. The van der Waals surface area contributed by atoms with E-state index >= 15 is 0 Å². The first-order chi connectivity index (χ1) is 7.92. The Bertz CT molecular complexity index is 194. The van der Waals surface area contributed by atoms with Crippen LogP contribution in [0.5, 0.6) is 0 Å². The monoisotopic (exact) mass is 243 g/mol. The van der Waals surface area contributed by atoms with Gasteiger partial charge >= 0.3 is 0 Å². The van der Waals surface area contributed by atoms with E-state index in [1.54, 1.807) is 0 Å². The molecule has 1 saturated carbocycles. The van der Waals surface area contributed by atoms with Crippen LogP contribution >= 0.6 is 12.6 Å². The van der Waals surface area contributed by atoms with Gasteiger partial charge in [0.25, 0.3) is 0 Å². The van der Waals surface area contributed by atoms with Gasteiger partial charge in [0.05, 0.1) is 13.2 Å². The minimum atomic E-state index is 0.797. The quantitative estimate of drug-likeness (QED) is 0.569. The predicted octanol–water partition coefficient (Wildman–Crippen LogP) is 2.59. The second-order valence-corrected chi connectivity index (χ2v) is 5.57. The average Bonchev–Trinajstić information content (AvgIpc) is 2.94. The van der Waals surface area contributed by atoms with E-state index in [2.05, 4.69) is 17.5 Å². The molecule has 0 spiro atoms. The van der Waals surface area contributed by atoms with Crippen LogP contribution in [-0.4, -0.2) is 43.0 Å². The maximum absolute atomic E-state index is 5.54. The van der Waals surface area contributed by atoms with E-state index in [0.29, 0.717) is 0 Å². The minimum Gasteiger partial charge on any atom is -0.379 e. The molecule has 2 nitrogen and oxygen atoms in total. The third-order valence-corrected chi connectivity index (χ3v) is 4.30. The third-order valence-electron chi connectivity index (χ3n) is 4.12. The summed E-state index contributed by atoms with van der Waals surface area (Å²) >= 11 is 4.15. The van der Waals surface area contributed by atoms with Crippen molar-refractivity contribution in [1.82, 2.24) is 4.90 Å². The maximum atomic E-state index is 5.54. The normalized spacial score (nSPS) is 27.9. The summed E-state index contributed by atoms with van der Waals surface area (Å²) in [5.41, 5.74) is 0. The summed E-state index contributed by atoms with van der Waals surface area (Å²) in [5.74, 6) is 1.83. The van der Waals surface area contributed by atoms with Crippen LogP contribution in [-0.2, 0) is 4.74 Å². The highest BCUT2D eigenvalue weighted by atomic mass is 32.1. The molecule has 0 bridgehead atoms. The van der Waals surface area contributed by atoms with Crippen molar-refractivity contribution in [1.29, 1.82) is 0 Å². The standard InChI is InChI=1S/C13H25NOS/c16-11-10-15-9-8-14-7-3-6-13(14)12-4-1-2-5-12/h12-13,16H,1-11H2. The van der Waals surface area contributed by atoms with Crippen LogP contribution in [0.1, 0.15) is 38.5 Å². The Morgan fingerprint density at radius 3 is 2.62 bits per heavy atom. The molecule has 2 rings (SSSR count). The Kier molecular flexibility index (Phi) is 5.46. The molecule has 1 aliphatic heterocycles.